The molecule has 203 valence electrons. The molecule has 1 aromatic heterocycles. The van der Waals surface area contributed by atoms with Gasteiger partial charge in [0.25, 0.3) is 0 Å². The quantitative estimate of drug-likeness (QED) is 0.161. The Labute approximate surface area is 251 Å². The normalized spacial score (nSPS) is 15.8. The van der Waals surface area contributed by atoms with Gasteiger partial charge >= 0.3 is 0 Å². The molecule has 1 heterocycles. The maximum absolute atomic E-state index is 4.95. The molecule has 2 aliphatic rings. The van der Waals surface area contributed by atoms with Gasteiger partial charge in [-0.1, -0.05) is 86.3 Å². The number of nitrogens with zero attached hydrogens (tertiary/aromatic N) is 2. The van der Waals surface area contributed by atoms with E-state index in [0.29, 0.717) is 11.8 Å². The molecule has 1 radical (unpaired) electrons. The van der Waals surface area contributed by atoms with E-state index in [1.54, 1.807) is 0 Å². The summed E-state index contributed by atoms with van der Waals surface area (Å²) >= 11 is 0. The predicted molar refractivity (Wildman–Crippen MR) is 161 cm³/mol. The molecule has 2 aliphatic carbocycles. The molecular formula is C37H35IrN2-. The number of rotatable bonds is 6. The molecule has 0 spiro atoms. The van der Waals surface area contributed by atoms with E-state index in [9.17, 15) is 0 Å². The summed E-state index contributed by atoms with van der Waals surface area (Å²) in [5.74, 6) is 2.18. The van der Waals surface area contributed by atoms with Gasteiger partial charge in [0.15, 0.2) is 0 Å². The zero-order chi connectivity index (χ0) is 26.0. The second-order valence-corrected chi connectivity index (χ2v) is 11.3. The van der Waals surface area contributed by atoms with E-state index in [0.717, 1.165) is 11.4 Å². The average molecular weight is 700 g/mol. The summed E-state index contributed by atoms with van der Waals surface area (Å²) in [6.07, 6.45) is 14.5. The van der Waals surface area contributed by atoms with Gasteiger partial charge in [0.05, 0.1) is 5.82 Å². The molecule has 0 unspecified atom stereocenters. The molecule has 2 nitrogen and oxygen atoms in total. The van der Waals surface area contributed by atoms with Crippen LogP contribution in [0.15, 0.2) is 103 Å². The molecule has 3 heteroatoms. The van der Waals surface area contributed by atoms with Crippen LogP contribution in [0, 0.1) is 6.07 Å². The third-order valence-corrected chi connectivity index (χ3v) is 8.90. The molecule has 0 amide bonds. The number of benzene rings is 4. The fourth-order valence-corrected chi connectivity index (χ4v) is 6.94. The smallest absolute Gasteiger partial charge is 0.0603 e. The summed E-state index contributed by atoms with van der Waals surface area (Å²) < 4.78 is 2.40. The third kappa shape index (κ3) is 5.26. The molecule has 0 atom stereocenters. The van der Waals surface area contributed by atoms with Crippen LogP contribution in [0.4, 0.5) is 0 Å². The van der Waals surface area contributed by atoms with Crippen molar-refractivity contribution >= 4 is 0 Å². The van der Waals surface area contributed by atoms with Crippen molar-refractivity contribution in [2.75, 3.05) is 0 Å². The number of hydrogen-bond acceptors (Lipinski definition) is 1. The van der Waals surface area contributed by atoms with Crippen molar-refractivity contribution in [3.8, 4) is 39.3 Å². The Morgan fingerprint density at radius 2 is 1.18 bits per heavy atom. The van der Waals surface area contributed by atoms with Gasteiger partial charge in [-0.3, -0.25) is 4.98 Å². The average Bonchev–Trinajstić information content (AvgIpc) is 3.81. The van der Waals surface area contributed by atoms with Crippen molar-refractivity contribution in [1.29, 1.82) is 0 Å². The molecule has 2 fully saturated rings. The topological polar surface area (TPSA) is 17.8 Å². The monoisotopic (exact) mass is 700 g/mol. The molecular weight excluding hydrogens is 665 g/mol. The minimum Gasteiger partial charge on any atom is -0.340 e. The van der Waals surface area contributed by atoms with Crippen molar-refractivity contribution in [2.45, 2.75) is 63.2 Å². The van der Waals surface area contributed by atoms with E-state index in [1.165, 1.54) is 90.4 Å². The zero-order valence-electron chi connectivity index (χ0n) is 22.9. The second kappa shape index (κ2) is 12.1. The first-order valence-electron chi connectivity index (χ1n) is 14.7. The molecule has 4 aromatic carbocycles. The van der Waals surface area contributed by atoms with E-state index in [2.05, 4.69) is 102 Å². The first kappa shape index (κ1) is 26.9. The van der Waals surface area contributed by atoms with Crippen LogP contribution in [0.5, 0.6) is 0 Å². The van der Waals surface area contributed by atoms with Crippen LogP contribution in [0.3, 0.4) is 0 Å². The first-order chi connectivity index (χ1) is 19.3. The van der Waals surface area contributed by atoms with Gasteiger partial charge in [-0.15, -0.1) is 35.4 Å². The van der Waals surface area contributed by atoms with Crippen molar-refractivity contribution < 1.29 is 20.1 Å². The summed E-state index contributed by atoms with van der Waals surface area (Å²) in [6, 6.07) is 36.6. The standard InChI is InChI=1S/C37H35N2.Ir/c1-3-12-27(13-4-1)31-20-11-21-32(24-31)37-38-22-23-39(37)36-34(29-16-7-8-17-29)25-33(28-14-5-2-6-15-28)26-35(36)30-18-9-10-19-30;/h1-6,11-15,20,22-26,29-30H,7-10,16-19H2;/q-1;. The van der Waals surface area contributed by atoms with Gasteiger partial charge in [-0.05, 0) is 77.5 Å². The Morgan fingerprint density at radius 3 is 1.75 bits per heavy atom. The van der Waals surface area contributed by atoms with E-state index in [-0.39, 0.29) is 20.1 Å². The molecule has 40 heavy (non-hydrogen) atoms. The summed E-state index contributed by atoms with van der Waals surface area (Å²) in [7, 11) is 0. The third-order valence-electron chi connectivity index (χ3n) is 8.90. The van der Waals surface area contributed by atoms with E-state index >= 15 is 0 Å². The molecule has 2 saturated carbocycles. The second-order valence-electron chi connectivity index (χ2n) is 11.3. The van der Waals surface area contributed by atoms with Crippen LogP contribution in [-0.2, 0) is 20.1 Å². The van der Waals surface area contributed by atoms with Gasteiger partial charge < -0.3 is 4.57 Å². The molecule has 7 rings (SSSR count). The molecule has 0 N–H and O–H groups in total. The largest absolute Gasteiger partial charge is 0.340 e. The number of aromatic nitrogens is 2. The Balaban J connectivity index is 0.00000289. The number of imidazole rings is 1. The summed E-state index contributed by atoms with van der Waals surface area (Å²) in [5.41, 5.74) is 10.5. The van der Waals surface area contributed by atoms with Crippen molar-refractivity contribution in [3.63, 3.8) is 0 Å². The summed E-state index contributed by atoms with van der Waals surface area (Å²) in [4.78, 5) is 4.95. The minimum atomic E-state index is 0. The molecule has 5 aromatic rings. The maximum Gasteiger partial charge on any atom is 0.0603 e. The number of hydrogen-bond donors (Lipinski definition) is 0. The van der Waals surface area contributed by atoms with Crippen molar-refractivity contribution in [3.05, 3.63) is 121 Å². The van der Waals surface area contributed by atoms with E-state index in [1.807, 2.05) is 12.3 Å². The predicted octanol–water partition coefficient (Wildman–Crippen LogP) is 9.99. The SMILES string of the molecule is [Ir].[c-]1ccc(-c2ccccc2)cc1-c1nccn1-c1c(C2CCCC2)cc(-c2ccccc2)cc1C1CCCC1. The van der Waals surface area contributed by atoms with Crippen LogP contribution in [0.2, 0.25) is 0 Å². The Bertz CT molecular complexity index is 1520. The Morgan fingerprint density at radius 1 is 0.625 bits per heavy atom. The van der Waals surface area contributed by atoms with Gasteiger partial charge in [0.1, 0.15) is 0 Å². The van der Waals surface area contributed by atoms with Crippen LogP contribution >= 0.6 is 0 Å². The summed E-state index contributed by atoms with van der Waals surface area (Å²) in [6.45, 7) is 0. The minimum absolute atomic E-state index is 0. The maximum atomic E-state index is 4.95. The Kier molecular flexibility index (Phi) is 8.14. The van der Waals surface area contributed by atoms with Gasteiger partial charge in [0.2, 0.25) is 0 Å². The fraction of sp³-hybridized carbons (Fsp3) is 0.270. The molecule has 0 saturated heterocycles. The summed E-state index contributed by atoms with van der Waals surface area (Å²) in [5, 5.41) is 0. The van der Waals surface area contributed by atoms with Gasteiger partial charge in [-0.2, -0.15) is 0 Å². The first-order valence-corrected chi connectivity index (χ1v) is 14.7. The van der Waals surface area contributed by atoms with Gasteiger partial charge in [0, 0.05) is 38.2 Å². The fourth-order valence-electron chi connectivity index (χ4n) is 6.94. The van der Waals surface area contributed by atoms with Crippen molar-refractivity contribution in [1.82, 2.24) is 9.55 Å². The zero-order valence-corrected chi connectivity index (χ0v) is 25.2. The Hall–Kier alpha value is -3.26. The van der Waals surface area contributed by atoms with Gasteiger partial charge in [-0.25, -0.2) is 0 Å². The van der Waals surface area contributed by atoms with Crippen LogP contribution in [-0.4, -0.2) is 9.55 Å². The molecule has 0 aliphatic heterocycles. The van der Waals surface area contributed by atoms with E-state index in [4.69, 9.17) is 4.98 Å². The van der Waals surface area contributed by atoms with Crippen LogP contribution in [0.25, 0.3) is 39.3 Å². The van der Waals surface area contributed by atoms with E-state index < -0.39 is 0 Å². The van der Waals surface area contributed by atoms with Crippen LogP contribution in [0.1, 0.15) is 74.3 Å². The molecule has 0 bridgehead atoms. The van der Waals surface area contributed by atoms with Crippen molar-refractivity contribution in [2.24, 2.45) is 0 Å². The van der Waals surface area contributed by atoms with Crippen LogP contribution < -0.4 is 0 Å².